The third kappa shape index (κ3) is 6.08. The second kappa shape index (κ2) is 13.5. The lowest BCUT2D eigenvalue weighted by molar-refractivity contribution is -0.172. The number of β-lactam (4-membered cyclic amide) rings is 1. The van der Waals surface area contributed by atoms with E-state index in [1.807, 2.05) is 115 Å². The van der Waals surface area contributed by atoms with Crippen molar-refractivity contribution >= 4 is 60.9 Å². The van der Waals surface area contributed by atoms with E-state index in [-0.39, 0.29) is 5.91 Å². The van der Waals surface area contributed by atoms with Crippen LogP contribution < -0.4 is 5.32 Å². The number of likely N-dealkylation sites (tertiary alicyclic amines) is 1. The maximum absolute atomic E-state index is 14.5. The Balaban J connectivity index is 1.38. The number of fused-ring (bicyclic) bond motifs is 1. The highest BCUT2D eigenvalue weighted by atomic mass is 33.1. The summed E-state index contributed by atoms with van der Waals surface area (Å²) in [7, 11) is 2.77. The largest absolute Gasteiger partial charge is 0.451 e. The van der Waals surface area contributed by atoms with Crippen molar-refractivity contribution in [3.8, 4) is 0 Å². The molecule has 6 rings (SSSR count). The summed E-state index contributed by atoms with van der Waals surface area (Å²) in [5, 5.41) is 2.26. The second-order valence-electron chi connectivity index (χ2n) is 10.9. The van der Waals surface area contributed by atoms with Gasteiger partial charge in [-0.2, -0.15) is 0 Å². The number of para-hydroxylation sites is 1. The first-order chi connectivity index (χ1) is 22.3. The van der Waals surface area contributed by atoms with Crippen LogP contribution in [0.15, 0.2) is 132 Å². The molecule has 0 bridgehead atoms. The number of nitrogens with one attached hydrogen (secondary N) is 1. The van der Waals surface area contributed by atoms with Gasteiger partial charge in [0, 0.05) is 6.92 Å². The van der Waals surface area contributed by atoms with Gasteiger partial charge in [0.15, 0.2) is 22.0 Å². The van der Waals surface area contributed by atoms with Crippen LogP contribution in [0.25, 0.3) is 10.2 Å². The molecule has 5 aromatic rings. The number of carbonyl (C=O) groups excluding carboxylic acids is 3. The Morgan fingerprint density at radius 2 is 1.46 bits per heavy atom. The highest BCUT2D eigenvalue weighted by molar-refractivity contribution is 8.77. The number of nitrogens with zero attached hydrogens (tertiary/aromatic N) is 2. The Hall–Kier alpha value is -4.38. The van der Waals surface area contributed by atoms with Gasteiger partial charge in [0.25, 0.3) is 5.91 Å². The highest BCUT2D eigenvalue weighted by Gasteiger charge is 2.66. The van der Waals surface area contributed by atoms with Gasteiger partial charge in [-0.05, 0) is 52.1 Å². The molecule has 1 fully saturated rings. The van der Waals surface area contributed by atoms with Gasteiger partial charge in [0.05, 0.1) is 10.2 Å². The van der Waals surface area contributed by atoms with Gasteiger partial charge in [-0.25, -0.2) is 9.78 Å². The Labute approximate surface area is 279 Å². The van der Waals surface area contributed by atoms with Gasteiger partial charge in [0.2, 0.25) is 5.91 Å². The molecule has 0 spiro atoms. The summed E-state index contributed by atoms with van der Waals surface area (Å²) in [4.78, 5) is 47.7. The number of thiazole rings is 1. The molecule has 2 heterocycles. The van der Waals surface area contributed by atoms with Crippen LogP contribution in [0.4, 0.5) is 0 Å². The number of aromatic nitrogens is 1. The molecule has 2 amide bonds. The van der Waals surface area contributed by atoms with E-state index in [1.165, 1.54) is 33.4 Å². The molecule has 46 heavy (non-hydrogen) atoms. The lowest BCUT2D eigenvalue weighted by Gasteiger charge is -2.57. The Morgan fingerprint density at radius 1 is 0.891 bits per heavy atom. The van der Waals surface area contributed by atoms with Crippen LogP contribution in [0, 0.1) is 0 Å². The zero-order chi connectivity index (χ0) is 32.3. The number of amides is 2. The summed E-state index contributed by atoms with van der Waals surface area (Å²) in [6.45, 7) is 7.22. The van der Waals surface area contributed by atoms with E-state index < -0.39 is 34.9 Å². The summed E-state index contributed by atoms with van der Waals surface area (Å²) < 4.78 is 8.08. The van der Waals surface area contributed by atoms with Crippen molar-refractivity contribution in [2.45, 2.75) is 41.2 Å². The van der Waals surface area contributed by atoms with Crippen LogP contribution in [-0.4, -0.2) is 39.1 Å². The number of carbonyl (C=O) groups is 3. The molecule has 0 aliphatic carbocycles. The van der Waals surface area contributed by atoms with Crippen molar-refractivity contribution in [2.24, 2.45) is 0 Å². The Morgan fingerprint density at radius 3 is 2.02 bits per heavy atom. The fourth-order valence-electron chi connectivity index (χ4n) is 5.65. The van der Waals surface area contributed by atoms with E-state index in [2.05, 4.69) is 11.9 Å². The smallest absolute Gasteiger partial charge is 0.334 e. The van der Waals surface area contributed by atoms with E-state index in [0.717, 1.165) is 25.7 Å². The van der Waals surface area contributed by atoms with E-state index in [4.69, 9.17) is 9.72 Å². The molecule has 7 nitrogen and oxygen atoms in total. The molecule has 232 valence electrons. The second-order valence-corrected chi connectivity index (χ2v) is 14.5. The van der Waals surface area contributed by atoms with Crippen LogP contribution in [0.1, 0.15) is 36.6 Å². The Bertz CT molecular complexity index is 1810. The Kier molecular flexibility index (Phi) is 9.30. The molecule has 0 saturated carbocycles. The van der Waals surface area contributed by atoms with Crippen LogP contribution in [0.3, 0.4) is 0 Å². The summed E-state index contributed by atoms with van der Waals surface area (Å²) in [6, 6.07) is 34.9. The van der Waals surface area contributed by atoms with Gasteiger partial charge in [0.1, 0.15) is 5.37 Å². The minimum Gasteiger partial charge on any atom is -0.451 e. The van der Waals surface area contributed by atoms with Gasteiger partial charge in [-0.3, -0.25) is 9.59 Å². The molecule has 1 N–H and O–H groups in total. The molecule has 3 unspecified atom stereocenters. The molecule has 10 heteroatoms. The van der Waals surface area contributed by atoms with Crippen molar-refractivity contribution in [3.63, 3.8) is 0 Å². The van der Waals surface area contributed by atoms with Gasteiger partial charge in [-0.1, -0.05) is 121 Å². The average molecular weight is 666 g/mol. The number of benzene rings is 4. The quantitative estimate of drug-likeness (QED) is 0.0676. The molecule has 3 atom stereocenters. The average Bonchev–Trinajstić information content (AvgIpc) is 3.49. The normalized spacial score (nSPS) is 18.2. The maximum Gasteiger partial charge on any atom is 0.334 e. The topological polar surface area (TPSA) is 88.6 Å². The summed E-state index contributed by atoms with van der Waals surface area (Å²) in [5.74, 6) is -1.40. The SMILES string of the molecule is C=C(C)C(C(=O)OC(c1ccccc1)c1ccccc1)N1C(=O)C(NC(C)=O)(c2ccccc2)C1SSc1nc2ccccc2s1. The minimum absolute atomic E-state index is 0.366. The van der Waals surface area contributed by atoms with Crippen LogP contribution in [0.5, 0.6) is 0 Å². The lowest BCUT2D eigenvalue weighted by atomic mass is 9.78. The molecular formula is C36H31N3O4S3. The zero-order valence-electron chi connectivity index (χ0n) is 25.2. The third-order valence-corrected chi connectivity index (χ3v) is 11.7. The van der Waals surface area contributed by atoms with Crippen molar-refractivity contribution in [2.75, 3.05) is 0 Å². The van der Waals surface area contributed by atoms with Crippen molar-refractivity contribution < 1.29 is 19.1 Å². The fraction of sp³-hybridized carbons (Fsp3) is 0.167. The van der Waals surface area contributed by atoms with Gasteiger partial charge < -0.3 is 15.0 Å². The van der Waals surface area contributed by atoms with Crippen molar-refractivity contribution in [1.82, 2.24) is 15.2 Å². The maximum atomic E-state index is 14.5. The predicted octanol–water partition coefficient (Wildman–Crippen LogP) is 7.51. The zero-order valence-corrected chi connectivity index (χ0v) is 27.6. The molecular weight excluding hydrogens is 635 g/mol. The number of esters is 1. The summed E-state index contributed by atoms with van der Waals surface area (Å²) in [6.07, 6.45) is -0.703. The summed E-state index contributed by atoms with van der Waals surface area (Å²) >= 11 is 1.54. The first-order valence-corrected chi connectivity index (χ1v) is 17.6. The van der Waals surface area contributed by atoms with Crippen LogP contribution in [-0.2, 0) is 24.7 Å². The van der Waals surface area contributed by atoms with E-state index in [0.29, 0.717) is 11.1 Å². The first kappa shape index (κ1) is 31.6. The van der Waals surface area contributed by atoms with Crippen molar-refractivity contribution in [1.29, 1.82) is 0 Å². The van der Waals surface area contributed by atoms with Gasteiger partial charge in [-0.15, -0.1) is 11.3 Å². The lowest BCUT2D eigenvalue weighted by Crippen LogP contribution is -2.79. The standard InChI is InChI=1S/C36H31N3O4S3/c1-23(2)30(32(41)43-31(25-15-7-4-8-16-25)26-17-9-5-10-18-26)39-33(42)36(38-24(3)40,27-19-11-6-12-20-27)34(39)45-46-35-37-28-21-13-14-22-29(28)44-35/h4-22,30-31,34H,1H2,2-3H3,(H,38,40). The fourth-order valence-corrected chi connectivity index (χ4v) is 9.82. The number of rotatable bonds is 11. The molecule has 4 aromatic carbocycles. The molecule has 1 aromatic heterocycles. The van der Waals surface area contributed by atoms with Crippen LogP contribution >= 0.6 is 32.9 Å². The number of hydrogen-bond donors (Lipinski definition) is 1. The molecule has 1 aliphatic heterocycles. The third-order valence-electron chi connectivity index (χ3n) is 7.69. The number of ether oxygens (including phenoxy) is 1. The van der Waals surface area contributed by atoms with Gasteiger partial charge >= 0.3 is 5.97 Å². The van der Waals surface area contributed by atoms with E-state index >= 15 is 0 Å². The predicted molar refractivity (Wildman–Crippen MR) is 185 cm³/mol. The monoisotopic (exact) mass is 665 g/mol. The molecule has 1 saturated heterocycles. The number of hydrogen-bond acceptors (Lipinski definition) is 8. The van der Waals surface area contributed by atoms with Crippen LogP contribution in [0.2, 0.25) is 0 Å². The highest BCUT2D eigenvalue weighted by Crippen LogP contribution is 2.53. The molecule has 1 aliphatic rings. The molecule has 0 radical (unpaired) electrons. The van der Waals surface area contributed by atoms with E-state index in [9.17, 15) is 14.4 Å². The van der Waals surface area contributed by atoms with E-state index in [1.54, 1.807) is 18.3 Å². The first-order valence-electron chi connectivity index (χ1n) is 14.6. The summed E-state index contributed by atoms with van der Waals surface area (Å²) in [5.41, 5.74) is 2.11. The van der Waals surface area contributed by atoms with Crippen molar-refractivity contribution in [3.05, 3.63) is 144 Å². The minimum atomic E-state index is -1.42.